The molecule has 28 heavy (non-hydrogen) atoms. The number of hydrogen-bond acceptors (Lipinski definition) is 6. The van der Waals surface area contributed by atoms with Gasteiger partial charge in [-0.05, 0) is 55.0 Å². The zero-order chi connectivity index (χ0) is 20.5. The Labute approximate surface area is 163 Å². The Bertz CT molecular complexity index is 848. The van der Waals surface area contributed by atoms with Crippen LogP contribution in [0.5, 0.6) is 11.5 Å². The number of nitrogens with one attached hydrogen (secondary N) is 1. The maximum absolute atomic E-state index is 12.0. The fraction of sp³-hybridized carbons (Fsp3) is 0.250. The van der Waals surface area contributed by atoms with Gasteiger partial charge in [-0.15, -0.1) is 0 Å². The number of anilines is 1. The first-order chi connectivity index (χ1) is 13.4. The predicted octanol–water partition coefficient (Wildman–Crippen LogP) is 1.90. The fourth-order valence-electron chi connectivity index (χ4n) is 2.13. The van der Waals surface area contributed by atoms with E-state index in [9.17, 15) is 9.59 Å². The van der Waals surface area contributed by atoms with Crippen molar-refractivity contribution < 1.29 is 19.1 Å². The van der Waals surface area contributed by atoms with Gasteiger partial charge in [0.05, 0.1) is 12.8 Å². The Balaban J connectivity index is 2.03. The highest BCUT2D eigenvalue weighted by Gasteiger charge is 2.10. The van der Waals surface area contributed by atoms with Crippen LogP contribution in [0.3, 0.4) is 0 Å². The van der Waals surface area contributed by atoms with Crippen molar-refractivity contribution in [3.8, 4) is 11.5 Å². The van der Waals surface area contributed by atoms with Crippen LogP contribution in [-0.4, -0.2) is 50.2 Å². The lowest BCUT2D eigenvalue weighted by atomic mass is 10.2. The van der Waals surface area contributed by atoms with Crippen molar-refractivity contribution in [3.63, 3.8) is 0 Å². The molecule has 0 heterocycles. The largest absolute Gasteiger partial charge is 0.490 e. The van der Waals surface area contributed by atoms with E-state index in [0.717, 1.165) is 0 Å². The quantitative estimate of drug-likeness (QED) is 0.411. The third-order valence-electron chi connectivity index (χ3n) is 3.67. The molecule has 3 N–H and O–H groups in total. The number of nitrogens with zero attached hydrogens (tertiary/aromatic N) is 2. The molecular formula is C20H24N4O4. The van der Waals surface area contributed by atoms with E-state index < -0.39 is 0 Å². The maximum Gasteiger partial charge on any atom is 0.271 e. The summed E-state index contributed by atoms with van der Waals surface area (Å²) in [6.45, 7) is 2.20. The van der Waals surface area contributed by atoms with E-state index in [0.29, 0.717) is 34.9 Å². The molecule has 0 spiro atoms. The average molecular weight is 384 g/mol. The second kappa shape index (κ2) is 9.96. The summed E-state index contributed by atoms with van der Waals surface area (Å²) in [4.78, 5) is 25.2. The van der Waals surface area contributed by atoms with Crippen LogP contribution in [0.4, 0.5) is 5.69 Å². The maximum atomic E-state index is 12.0. The van der Waals surface area contributed by atoms with E-state index in [1.165, 1.54) is 11.1 Å². The first kappa shape index (κ1) is 20.8. The Morgan fingerprint density at radius 3 is 2.46 bits per heavy atom. The Hall–Kier alpha value is -3.55. The summed E-state index contributed by atoms with van der Waals surface area (Å²) < 4.78 is 11.1. The summed E-state index contributed by atoms with van der Waals surface area (Å²) >= 11 is 0. The molecule has 0 unspecified atom stereocenters. The number of benzene rings is 2. The standard InChI is InChI=1S/C20H24N4O4/c1-4-27-18-11-14(5-10-17(18)28-13-19(25)24(2)3)12-22-23-20(26)15-6-8-16(21)9-7-15/h5-12H,4,13,21H2,1-3H3,(H,23,26)/b22-12-. The molecule has 0 aliphatic heterocycles. The number of rotatable bonds is 8. The molecule has 0 bridgehead atoms. The summed E-state index contributed by atoms with van der Waals surface area (Å²) in [6, 6.07) is 11.7. The van der Waals surface area contributed by atoms with Crippen molar-refractivity contribution in [3.05, 3.63) is 53.6 Å². The summed E-state index contributed by atoms with van der Waals surface area (Å²) in [5.74, 6) is 0.449. The van der Waals surface area contributed by atoms with Crippen LogP contribution in [0, 0.1) is 0 Å². The van der Waals surface area contributed by atoms with Gasteiger partial charge >= 0.3 is 0 Å². The molecule has 2 aromatic rings. The van der Waals surface area contributed by atoms with Gasteiger partial charge in [0.15, 0.2) is 18.1 Å². The predicted molar refractivity (Wildman–Crippen MR) is 108 cm³/mol. The average Bonchev–Trinajstić information content (AvgIpc) is 2.67. The lowest BCUT2D eigenvalue weighted by molar-refractivity contribution is -0.130. The summed E-state index contributed by atoms with van der Waals surface area (Å²) in [5.41, 5.74) is 9.79. The van der Waals surface area contributed by atoms with Gasteiger partial charge in [-0.3, -0.25) is 9.59 Å². The van der Waals surface area contributed by atoms with Gasteiger partial charge in [-0.25, -0.2) is 5.43 Å². The van der Waals surface area contributed by atoms with Crippen LogP contribution in [0.25, 0.3) is 0 Å². The minimum absolute atomic E-state index is 0.0852. The van der Waals surface area contributed by atoms with Gasteiger partial charge in [0.1, 0.15) is 0 Å². The van der Waals surface area contributed by atoms with Crippen LogP contribution in [0.2, 0.25) is 0 Å². The lowest BCUT2D eigenvalue weighted by Crippen LogP contribution is -2.27. The summed E-state index contributed by atoms with van der Waals surface area (Å²) in [7, 11) is 3.32. The second-order valence-electron chi connectivity index (χ2n) is 6.04. The molecule has 0 atom stereocenters. The number of hydrogen-bond donors (Lipinski definition) is 2. The third-order valence-corrected chi connectivity index (χ3v) is 3.67. The van der Waals surface area contributed by atoms with E-state index >= 15 is 0 Å². The molecule has 148 valence electrons. The Morgan fingerprint density at radius 2 is 1.82 bits per heavy atom. The van der Waals surface area contributed by atoms with Crippen molar-refractivity contribution in [2.45, 2.75) is 6.92 Å². The van der Waals surface area contributed by atoms with E-state index in [1.807, 2.05) is 6.92 Å². The van der Waals surface area contributed by atoms with E-state index in [-0.39, 0.29) is 18.4 Å². The first-order valence-electron chi connectivity index (χ1n) is 8.69. The summed E-state index contributed by atoms with van der Waals surface area (Å²) in [6.07, 6.45) is 1.49. The number of nitrogen functional groups attached to an aromatic ring is 1. The third kappa shape index (κ3) is 6.01. The number of carbonyl (C=O) groups excluding carboxylic acids is 2. The molecule has 0 aliphatic rings. The molecule has 0 radical (unpaired) electrons. The highest BCUT2D eigenvalue weighted by Crippen LogP contribution is 2.28. The number of ether oxygens (including phenoxy) is 2. The molecule has 2 amide bonds. The molecule has 8 nitrogen and oxygen atoms in total. The van der Waals surface area contributed by atoms with Gasteiger partial charge in [0, 0.05) is 25.3 Å². The fourth-order valence-corrected chi connectivity index (χ4v) is 2.13. The molecule has 2 rings (SSSR count). The highest BCUT2D eigenvalue weighted by atomic mass is 16.5. The van der Waals surface area contributed by atoms with Gasteiger partial charge < -0.3 is 20.1 Å². The molecule has 0 saturated heterocycles. The zero-order valence-electron chi connectivity index (χ0n) is 16.1. The van der Waals surface area contributed by atoms with Gasteiger partial charge in [-0.2, -0.15) is 5.10 Å². The van der Waals surface area contributed by atoms with Gasteiger partial charge in [-0.1, -0.05) is 0 Å². The topological polar surface area (TPSA) is 106 Å². The van der Waals surface area contributed by atoms with Crippen LogP contribution < -0.4 is 20.6 Å². The summed E-state index contributed by atoms with van der Waals surface area (Å²) in [5, 5.41) is 3.96. The SMILES string of the molecule is CCOc1cc(/C=N\NC(=O)c2ccc(N)cc2)ccc1OCC(=O)N(C)C. The molecule has 8 heteroatoms. The first-order valence-corrected chi connectivity index (χ1v) is 8.69. The Morgan fingerprint density at radius 1 is 1.11 bits per heavy atom. The molecule has 0 aliphatic carbocycles. The number of nitrogens with two attached hydrogens (primary N) is 1. The molecule has 0 fully saturated rings. The van der Waals surface area contributed by atoms with E-state index in [4.69, 9.17) is 15.2 Å². The van der Waals surface area contributed by atoms with E-state index in [2.05, 4.69) is 10.5 Å². The number of likely N-dealkylation sites (N-methyl/N-ethyl adjacent to an activating group) is 1. The Kier molecular flexibility index (Phi) is 7.38. The molecule has 0 aromatic heterocycles. The van der Waals surface area contributed by atoms with Crippen molar-refractivity contribution in [2.75, 3.05) is 33.0 Å². The number of amides is 2. The lowest BCUT2D eigenvalue weighted by Gasteiger charge is -2.14. The molecular weight excluding hydrogens is 360 g/mol. The van der Waals surface area contributed by atoms with Gasteiger partial charge in [0.25, 0.3) is 11.8 Å². The highest BCUT2D eigenvalue weighted by molar-refractivity contribution is 5.95. The minimum atomic E-state index is -0.344. The van der Waals surface area contributed by atoms with Crippen molar-refractivity contribution in [2.24, 2.45) is 5.10 Å². The van der Waals surface area contributed by atoms with Gasteiger partial charge in [0.2, 0.25) is 0 Å². The number of hydrazone groups is 1. The smallest absolute Gasteiger partial charge is 0.271 e. The van der Waals surface area contributed by atoms with Crippen molar-refractivity contribution in [1.29, 1.82) is 0 Å². The van der Waals surface area contributed by atoms with Crippen molar-refractivity contribution >= 4 is 23.7 Å². The molecule has 0 saturated carbocycles. The zero-order valence-corrected chi connectivity index (χ0v) is 16.1. The van der Waals surface area contributed by atoms with Crippen LogP contribution in [-0.2, 0) is 4.79 Å². The van der Waals surface area contributed by atoms with Crippen LogP contribution in [0.15, 0.2) is 47.6 Å². The van der Waals surface area contributed by atoms with Crippen LogP contribution >= 0.6 is 0 Å². The second-order valence-corrected chi connectivity index (χ2v) is 6.04. The molecule has 2 aromatic carbocycles. The number of carbonyl (C=O) groups is 2. The minimum Gasteiger partial charge on any atom is -0.490 e. The van der Waals surface area contributed by atoms with Crippen molar-refractivity contribution in [1.82, 2.24) is 10.3 Å². The van der Waals surface area contributed by atoms with E-state index in [1.54, 1.807) is 56.6 Å². The van der Waals surface area contributed by atoms with Crippen LogP contribution in [0.1, 0.15) is 22.8 Å². The normalized spacial score (nSPS) is 10.5. The monoisotopic (exact) mass is 384 g/mol.